The van der Waals surface area contributed by atoms with Crippen molar-refractivity contribution in [1.82, 2.24) is 9.13 Å². The number of para-hydroxylation sites is 1. The summed E-state index contributed by atoms with van der Waals surface area (Å²) >= 11 is 13.5. The Hall–Kier alpha value is -2.87. The third kappa shape index (κ3) is 4.17. The summed E-state index contributed by atoms with van der Waals surface area (Å²) in [5.41, 5.74) is -0.268. The Morgan fingerprint density at radius 3 is 2.55 bits per heavy atom. The van der Waals surface area contributed by atoms with Crippen molar-refractivity contribution in [2.45, 2.75) is 19.9 Å². The minimum Gasteiger partial charge on any atom is -0.323 e. The summed E-state index contributed by atoms with van der Waals surface area (Å²) < 4.78 is 2.36. The van der Waals surface area contributed by atoms with Crippen LogP contribution in [0.15, 0.2) is 64.2 Å². The third-order valence-corrected chi connectivity index (χ3v) is 6.60. The van der Waals surface area contributed by atoms with E-state index in [1.54, 1.807) is 48.5 Å². The predicted octanol–water partition coefficient (Wildman–Crippen LogP) is 4.72. The third-order valence-electron chi connectivity index (χ3n) is 4.73. The van der Waals surface area contributed by atoms with Crippen molar-refractivity contribution in [1.29, 1.82) is 0 Å². The van der Waals surface area contributed by atoms with E-state index in [1.807, 2.05) is 6.92 Å². The molecule has 2 aromatic carbocycles. The standard InChI is InChI=1S/C22H17Cl2N3O3S/c1-2-15-11-16-20(29)27(14-7-5-6-13(23)10-14)22(30)26(21(16)31-15)12-19(28)25-18-9-4-3-8-17(18)24/h3-11H,2,12H2,1H3,(H,25,28). The summed E-state index contributed by atoms with van der Waals surface area (Å²) in [6.45, 7) is 1.69. The number of halogens is 2. The van der Waals surface area contributed by atoms with Crippen molar-refractivity contribution in [3.05, 3.63) is 90.4 Å². The smallest absolute Gasteiger partial charge is 0.323 e. The monoisotopic (exact) mass is 473 g/mol. The number of benzene rings is 2. The highest BCUT2D eigenvalue weighted by atomic mass is 35.5. The Balaban J connectivity index is 1.86. The van der Waals surface area contributed by atoms with Crippen molar-refractivity contribution < 1.29 is 4.79 Å². The molecule has 0 saturated heterocycles. The van der Waals surface area contributed by atoms with Gasteiger partial charge in [0.1, 0.15) is 11.4 Å². The second kappa shape index (κ2) is 8.70. The maximum Gasteiger partial charge on any atom is 0.337 e. The number of aromatic nitrogens is 2. The zero-order valence-electron chi connectivity index (χ0n) is 16.4. The van der Waals surface area contributed by atoms with Crippen molar-refractivity contribution in [2.24, 2.45) is 0 Å². The van der Waals surface area contributed by atoms with E-state index in [0.717, 1.165) is 9.44 Å². The molecule has 2 aromatic heterocycles. The summed E-state index contributed by atoms with van der Waals surface area (Å²) in [4.78, 5) is 40.7. The van der Waals surface area contributed by atoms with E-state index in [9.17, 15) is 14.4 Å². The van der Waals surface area contributed by atoms with Crippen LogP contribution in [0.3, 0.4) is 0 Å². The number of nitrogens with one attached hydrogen (secondary N) is 1. The molecule has 4 rings (SSSR count). The summed E-state index contributed by atoms with van der Waals surface area (Å²) in [6, 6.07) is 15.1. The normalized spacial score (nSPS) is 11.1. The first-order valence-corrected chi connectivity index (χ1v) is 11.0. The van der Waals surface area contributed by atoms with Crippen molar-refractivity contribution in [3.8, 4) is 5.69 Å². The van der Waals surface area contributed by atoms with Gasteiger partial charge in [-0.2, -0.15) is 0 Å². The van der Waals surface area contributed by atoms with Crippen LogP contribution in [0.5, 0.6) is 0 Å². The zero-order chi connectivity index (χ0) is 22.1. The number of nitrogens with zero attached hydrogens (tertiary/aromatic N) is 2. The van der Waals surface area contributed by atoms with Gasteiger partial charge in [0.2, 0.25) is 5.91 Å². The topological polar surface area (TPSA) is 73.1 Å². The molecule has 0 atom stereocenters. The van der Waals surface area contributed by atoms with Crippen LogP contribution >= 0.6 is 34.5 Å². The fourth-order valence-electron chi connectivity index (χ4n) is 3.25. The molecule has 0 aliphatic rings. The highest BCUT2D eigenvalue weighted by molar-refractivity contribution is 7.18. The number of anilines is 1. The highest BCUT2D eigenvalue weighted by Crippen LogP contribution is 2.24. The van der Waals surface area contributed by atoms with Gasteiger partial charge in [-0.3, -0.25) is 14.2 Å². The minimum absolute atomic E-state index is 0.273. The van der Waals surface area contributed by atoms with Gasteiger partial charge in [0.15, 0.2) is 0 Å². The van der Waals surface area contributed by atoms with Crippen molar-refractivity contribution >= 4 is 56.3 Å². The lowest BCUT2D eigenvalue weighted by Crippen LogP contribution is -2.40. The number of rotatable bonds is 5. The second-order valence-electron chi connectivity index (χ2n) is 6.80. The van der Waals surface area contributed by atoms with Crippen LogP contribution < -0.4 is 16.6 Å². The molecule has 9 heteroatoms. The van der Waals surface area contributed by atoms with E-state index >= 15 is 0 Å². The van der Waals surface area contributed by atoms with Crippen LogP contribution in [0.25, 0.3) is 15.9 Å². The number of carbonyl (C=O) groups is 1. The quantitative estimate of drug-likeness (QED) is 0.455. The Morgan fingerprint density at radius 2 is 1.84 bits per heavy atom. The SMILES string of the molecule is CCc1cc2c(=O)n(-c3cccc(Cl)c3)c(=O)n(CC(=O)Nc3ccccc3Cl)c2s1. The van der Waals surface area contributed by atoms with Gasteiger partial charge in [0.25, 0.3) is 5.56 Å². The lowest BCUT2D eigenvalue weighted by atomic mass is 10.3. The molecular weight excluding hydrogens is 457 g/mol. The molecule has 2 heterocycles. The summed E-state index contributed by atoms with van der Waals surface area (Å²) in [5.74, 6) is -0.431. The Kier molecular flexibility index (Phi) is 6.00. The number of hydrogen-bond acceptors (Lipinski definition) is 4. The number of aryl methyl sites for hydroxylation is 1. The van der Waals surface area contributed by atoms with Crippen molar-refractivity contribution in [3.63, 3.8) is 0 Å². The molecule has 0 spiro atoms. The van der Waals surface area contributed by atoms with E-state index < -0.39 is 17.2 Å². The molecule has 0 saturated carbocycles. The Morgan fingerprint density at radius 1 is 1.06 bits per heavy atom. The maximum absolute atomic E-state index is 13.4. The van der Waals surface area contributed by atoms with Gasteiger partial charge in [0.05, 0.1) is 21.8 Å². The van der Waals surface area contributed by atoms with Crippen molar-refractivity contribution in [2.75, 3.05) is 5.32 Å². The largest absolute Gasteiger partial charge is 0.337 e. The zero-order valence-corrected chi connectivity index (χ0v) is 18.7. The molecular formula is C22H17Cl2N3O3S. The average molecular weight is 474 g/mol. The molecule has 1 amide bonds. The van der Waals surface area contributed by atoms with Crippen LogP contribution in [0, 0.1) is 0 Å². The van der Waals surface area contributed by atoms with Gasteiger partial charge in [-0.05, 0) is 42.8 Å². The van der Waals surface area contributed by atoms with Gasteiger partial charge in [-0.1, -0.05) is 48.3 Å². The fourth-order valence-corrected chi connectivity index (χ4v) is 4.70. The molecule has 158 valence electrons. The summed E-state index contributed by atoms with van der Waals surface area (Å²) in [7, 11) is 0. The predicted molar refractivity (Wildman–Crippen MR) is 126 cm³/mol. The molecule has 0 unspecified atom stereocenters. The van der Waals surface area contributed by atoms with E-state index in [4.69, 9.17) is 23.2 Å². The number of amides is 1. The van der Waals surface area contributed by atoms with Crippen LogP contribution in [0.4, 0.5) is 5.69 Å². The second-order valence-corrected chi connectivity index (χ2v) is 8.76. The fraction of sp³-hybridized carbons (Fsp3) is 0.136. The first-order chi connectivity index (χ1) is 14.9. The maximum atomic E-state index is 13.4. The lowest BCUT2D eigenvalue weighted by molar-refractivity contribution is -0.116. The Labute approximate surface area is 191 Å². The van der Waals surface area contributed by atoms with E-state index in [1.165, 1.54) is 22.0 Å². The molecule has 0 aliphatic heterocycles. The van der Waals surface area contributed by atoms with Crippen LogP contribution in [-0.4, -0.2) is 15.0 Å². The Bertz CT molecular complexity index is 1420. The van der Waals surface area contributed by atoms with Crippen LogP contribution in [0.2, 0.25) is 10.0 Å². The lowest BCUT2D eigenvalue weighted by Gasteiger charge is -2.13. The van der Waals surface area contributed by atoms with Gasteiger partial charge in [0, 0.05) is 9.90 Å². The highest BCUT2D eigenvalue weighted by Gasteiger charge is 2.19. The number of thiophene rings is 1. The molecule has 6 nitrogen and oxygen atoms in total. The van der Waals surface area contributed by atoms with Gasteiger partial charge in [-0.25, -0.2) is 9.36 Å². The van der Waals surface area contributed by atoms with E-state index in [2.05, 4.69) is 5.32 Å². The molecule has 0 bridgehead atoms. The molecule has 4 aromatic rings. The van der Waals surface area contributed by atoms with Crippen LogP contribution in [0.1, 0.15) is 11.8 Å². The minimum atomic E-state index is -0.612. The summed E-state index contributed by atoms with van der Waals surface area (Å²) in [5, 5.41) is 3.89. The number of hydrogen-bond donors (Lipinski definition) is 1. The first-order valence-electron chi connectivity index (χ1n) is 9.47. The van der Waals surface area contributed by atoms with E-state index in [0.29, 0.717) is 38.1 Å². The average Bonchev–Trinajstić information content (AvgIpc) is 3.18. The number of fused-ring (bicyclic) bond motifs is 1. The number of carbonyl (C=O) groups excluding carboxylic acids is 1. The van der Waals surface area contributed by atoms with Gasteiger partial charge < -0.3 is 5.32 Å². The molecule has 0 radical (unpaired) electrons. The molecule has 0 fully saturated rings. The van der Waals surface area contributed by atoms with Crippen LogP contribution in [-0.2, 0) is 17.8 Å². The molecule has 31 heavy (non-hydrogen) atoms. The van der Waals surface area contributed by atoms with Gasteiger partial charge >= 0.3 is 5.69 Å². The summed E-state index contributed by atoms with van der Waals surface area (Å²) in [6.07, 6.45) is 0.704. The molecule has 1 N–H and O–H groups in total. The van der Waals surface area contributed by atoms with Gasteiger partial charge in [-0.15, -0.1) is 11.3 Å². The molecule has 0 aliphatic carbocycles. The van der Waals surface area contributed by atoms with E-state index in [-0.39, 0.29) is 6.54 Å². The first kappa shape index (κ1) is 21.4.